The van der Waals surface area contributed by atoms with Crippen molar-refractivity contribution in [3.8, 4) is 0 Å². The van der Waals surface area contributed by atoms with Gasteiger partial charge in [-0.3, -0.25) is 4.79 Å². The molecule has 0 atom stereocenters. The minimum Gasteiger partial charge on any atom is -0.468 e. The summed E-state index contributed by atoms with van der Waals surface area (Å²) in [6, 6.07) is 8.20. The number of ether oxygens (including phenoxy) is 1. The van der Waals surface area contributed by atoms with Crippen molar-refractivity contribution in [3.05, 3.63) is 29.8 Å². The molecule has 0 radical (unpaired) electrons. The van der Waals surface area contributed by atoms with E-state index in [4.69, 9.17) is 0 Å². The van der Waals surface area contributed by atoms with Crippen molar-refractivity contribution in [3.63, 3.8) is 0 Å². The highest BCUT2D eigenvalue weighted by Crippen LogP contribution is 2.18. The van der Waals surface area contributed by atoms with E-state index >= 15 is 0 Å². The van der Waals surface area contributed by atoms with Gasteiger partial charge in [-0.2, -0.15) is 0 Å². The van der Waals surface area contributed by atoms with Crippen molar-refractivity contribution >= 4 is 17.7 Å². The summed E-state index contributed by atoms with van der Waals surface area (Å²) in [4.78, 5) is 12.0. The van der Waals surface area contributed by atoms with Gasteiger partial charge in [0, 0.05) is 11.4 Å². The maximum absolute atomic E-state index is 10.9. The van der Waals surface area contributed by atoms with Crippen molar-refractivity contribution in [1.29, 1.82) is 0 Å². The summed E-state index contributed by atoms with van der Waals surface area (Å²) < 4.78 is 4.58. The number of rotatable bonds is 6. The van der Waals surface area contributed by atoms with E-state index in [-0.39, 0.29) is 5.97 Å². The third-order valence-corrected chi connectivity index (χ3v) is 3.07. The molecule has 0 aliphatic heterocycles. The smallest absolute Gasteiger partial charge is 0.315 e. The first kappa shape index (κ1) is 13.1. The second kappa shape index (κ2) is 7.30. The Kier molecular flexibility index (Phi) is 5.96. The Morgan fingerprint density at radius 2 is 2.06 bits per heavy atom. The van der Waals surface area contributed by atoms with Gasteiger partial charge in [0.15, 0.2) is 0 Å². The minimum atomic E-state index is -0.193. The molecule has 0 saturated carbocycles. The first-order chi connectivity index (χ1) is 7.76. The predicted molar refractivity (Wildman–Crippen MR) is 66.6 cm³/mol. The number of thioether (sulfide) groups is 1. The summed E-state index contributed by atoms with van der Waals surface area (Å²) in [6.07, 6.45) is 0. The van der Waals surface area contributed by atoms with Gasteiger partial charge in [0.2, 0.25) is 0 Å². The Bertz CT molecular complexity index is 324. The Morgan fingerprint density at radius 1 is 1.38 bits per heavy atom. The van der Waals surface area contributed by atoms with Crippen molar-refractivity contribution in [2.75, 3.05) is 19.4 Å². The van der Waals surface area contributed by atoms with Crippen LogP contribution in [-0.4, -0.2) is 25.4 Å². The van der Waals surface area contributed by atoms with E-state index in [1.807, 2.05) is 12.1 Å². The van der Waals surface area contributed by atoms with E-state index in [2.05, 4.69) is 29.1 Å². The SMILES string of the molecule is CCNCc1ccc(SCC(=O)OC)cc1. The molecule has 1 aromatic rings. The zero-order chi connectivity index (χ0) is 11.8. The van der Waals surface area contributed by atoms with Crippen LogP contribution in [0.1, 0.15) is 12.5 Å². The average molecular weight is 239 g/mol. The molecule has 0 heterocycles. The Balaban J connectivity index is 2.41. The first-order valence-electron chi connectivity index (χ1n) is 5.25. The predicted octanol–water partition coefficient (Wildman–Crippen LogP) is 2.06. The number of methoxy groups -OCH3 is 1. The zero-order valence-electron chi connectivity index (χ0n) is 9.66. The van der Waals surface area contributed by atoms with Crippen LogP contribution in [0, 0.1) is 0 Å². The number of carbonyl (C=O) groups is 1. The molecule has 0 bridgehead atoms. The molecule has 4 heteroatoms. The molecule has 1 aromatic carbocycles. The molecule has 1 N–H and O–H groups in total. The molecule has 0 aromatic heterocycles. The van der Waals surface area contributed by atoms with Gasteiger partial charge in [0.05, 0.1) is 12.9 Å². The van der Waals surface area contributed by atoms with Crippen LogP contribution < -0.4 is 5.32 Å². The molecule has 0 spiro atoms. The molecule has 0 saturated heterocycles. The Morgan fingerprint density at radius 3 is 2.62 bits per heavy atom. The lowest BCUT2D eigenvalue weighted by atomic mass is 10.2. The third-order valence-electron chi connectivity index (χ3n) is 2.09. The normalized spacial score (nSPS) is 10.1. The van der Waals surface area contributed by atoms with Crippen LogP contribution in [0.15, 0.2) is 29.2 Å². The zero-order valence-corrected chi connectivity index (χ0v) is 10.5. The molecule has 0 aliphatic carbocycles. The van der Waals surface area contributed by atoms with Gasteiger partial charge in [-0.05, 0) is 24.2 Å². The molecule has 0 aliphatic rings. The Labute approximate surface area is 101 Å². The highest BCUT2D eigenvalue weighted by molar-refractivity contribution is 8.00. The summed E-state index contributed by atoms with van der Waals surface area (Å²) in [5.41, 5.74) is 1.25. The maximum Gasteiger partial charge on any atom is 0.315 e. The second-order valence-electron chi connectivity index (χ2n) is 3.29. The lowest BCUT2D eigenvalue weighted by Crippen LogP contribution is -2.11. The van der Waals surface area contributed by atoms with Crippen LogP contribution in [0.5, 0.6) is 0 Å². The fourth-order valence-corrected chi connectivity index (χ4v) is 1.90. The molecule has 0 fully saturated rings. The molecular formula is C12H17NO2S. The fourth-order valence-electron chi connectivity index (χ4n) is 1.17. The fraction of sp³-hybridized carbons (Fsp3) is 0.417. The number of esters is 1. The largest absolute Gasteiger partial charge is 0.468 e. The molecule has 0 amide bonds. The van der Waals surface area contributed by atoms with Gasteiger partial charge in [0.1, 0.15) is 0 Å². The van der Waals surface area contributed by atoms with E-state index in [9.17, 15) is 4.79 Å². The van der Waals surface area contributed by atoms with Crippen molar-refractivity contribution < 1.29 is 9.53 Å². The molecule has 16 heavy (non-hydrogen) atoms. The number of nitrogens with one attached hydrogen (secondary N) is 1. The van der Waals surface area contributed by atoms with Gasteiger partial charge in [-0.1, -0.05) is 19.1 Å². The lowest BCUT2D eigenvalue weighted by molar-refractivity contribution is -0.137. The van der Waals surface area contributed by atoms with Crippen molar-refractivity contribution in [1.82, 2.24) is 5.32 Å². The van der Waals surface area contributed by atoms with Crippen molar-refractivity contribution in [2.45, 2.75) is 18.4 Å². The molecule has 1 rings (SSSR count). The van der Waals surface area contributed by atoms with Gasteiger partial charge in [-0.25, -0.2) is 0 Å². The number of hydrogen-bond donors (Lipinski definition) is 1. The second-order valence-corrected chi connectivity index (χ2v) is 4.34. The van der Waals surface area contributed by atoms with Crippen molar-refractivity contribution in [2.24, 2.45) is 0 Å². The van der Waals surface area contributed by atoms with E-state index in [0.29, 0.717) is 5.75 Å². The standard InChI is InChI=1S/C12H17NO2S/c1-3-13-8-10-4-6-11(7-5-10)16-9-12(14)15-2/h4-7,13H,3,8-9H2,1-2H3. The maximum atomic E-state index is 10.9. The molecule has 0 unspecified atom stereocenters. The highest BCUT2D eigenvalue weighted by Gasteiger charge is 2.01. The van der Waals surface area contributed by atoms with Crippen LogP contribution in [0.25, 0.3) is 0 Å². The average Bonchev–Trinajstić information content (AvgIpc) is 2.34. The monoisotopic (exact) mass is 239 g/mol. The molecule has 3 nitrogen and oxygen atoms in total. The summed E-state index contributed by atoms with van der Waals surface area (Å²) in [5.74, 6) is 0.171. The topological polar surface area (TPSA) is 38.3 Å². The van der Waals surface area contributed by atoms with Crippen LogP contribution in [0.4, 0.5) is 0 Å². The number of carbonyl (C=O) groups excluding carboxylic acids is 1. The van der Waals surface area contributed by atoms with Crippen LogP contribution in [0.2, 0.25) is 0 Å². The third kappa shape index (κ3) is 4.68. The summed E-state index contributed by atoms with van der Waals surface area (Å²) >= 11 is 1.49. The van der Waals surface area contributed by atoms with E-state index < -0.39 is 0 Å². The van der Waals surface area contributed by atoms with E-state index in [1.165, 1.54) is 24.4 Å². The van der Waals surface area contributed by atoms with E-state index in [0.717, 1.165) is 18.0 Å². The quantitative estimate of drug-likeness (QED) is 0.609. The summed E-state index contributed by atoms with van der Waals surface area (Å²) in [5, 5.41) is 3.26. The van der Waals surface area contributed by atoms with E-state index in [1.54, 1.807) is 0 Å². The first-order valence-corrected chi connectivity index (χ1v) is 6.24. The molecular weight excluding hydrogens is 222 g/mol. The van der Waals surface area contributed by atoms with Gasteiger partial charge >= 0.3 is 5.97 Å². The summed E-state index contributed by atoms with van der Waals surface area (Å²) in [6.45, 7) is 3.94. The number of hydrogen-bond acceptors (Lipinski definition) is 4. The van der Waals surface area contributed by atoms with Crippen LogP contribution >= 0.6 is 11.8 Å². The van der Waals surface area contributed by atoms with Gasteiger partial charge < -0.3 is 10.1 Å². The number of benzene rings is 1. The summed E-state index contributed by atoms with van der Waals surface area (Å²) in [7, 11) is 1.41. The van der Waals surface area contributed by atoms with Gasteiger partial charge in [0.25, 0.3) is 0 Å². The van der Waals surface area contributed by atoms with Crippen LogP contribution in [0.3, 0.4) is 0 Å². The lowest BCUT2D eigenvalue weighted by Gasteiger charge is -2.04. The minimum absolute atomic E-state index is 0.193. The Hall–Kier alpha value is -1.00. The highest BCUT2D eigenvalue weighted by atomic mass is 32.2. The molecule has 88 valence electrons. The van der Waals surface area contributed by atoms with Crippen LogP contribution in [-0.2, 0) is 16.1 Å². The van der Waals surface area contributed by atoms with Gasteiger partial charge in [-0.15, -0.1) is 11.8 Å².